The Balaban J connectivity index is 0.000000994. The Morgan fingerprint density at radius 1 is 0.970 bits per heavy atom. The minimum atomic E-state index is -0.157. The summed E-state index contributed by atoms with van der Waals surface area (Å²) in [6.45, 7) is 1.91. The molecule has 7 nitrogen and oxygen atoms in total. The van der Waals surface area contributed by atoms with E-state index in [1.807, 2.05) is 49.4 Å². The number of rotatable bonds is 2. The smallest absolute Gasteiger partial charge is 0.333 e. The number of aryl methyl sites for hydroxylation is 1. The molecule has 0 aliphatic heterocycles. The van der Waals surface area contributed by atoms with Crippen LogP contribution in [0.4, 0.5) is 5.82 Å². The van der Waals surface area contributed by atoms with Gasteiger partial charge in [-0.1, -0.05) is 47.9 Å². The van der Waals surface area contributed by atoms with E-state index in [1.54, 1.807) is 34.6 Å². The fourth-order valence-electron chi connectivity index (χ4n) is 3.80. The zero-order valence-electron chi connectivity index (χ0n) is 18.4. The predicted octanol–water partition coefficient (Wildman–Crippen LogP) is 6.25. The van der Waals surface area contributed by atoms with Crippen LogP contribution in [0.2, 0.25) is 5.02 Å². The normalized spacial score (nSPS) is 10.6. The Kier molecular flexibility index (Phi) is 7.70. The molecule has 0 bridgehead atoms. The molecule has 165 valence electrons. The fourth-order valence-corrected chi connectivity index (χ4v) is 3.97. The van der Waals surface area contributed by atoms with E-state index in [2.05, 4.69) is 9.97 Å². The molecular formula is C24H21ClN6OY-2. The van der Waals surface area contributed by atoms with Crippen LogP contribution in [-0.2, 0) is 39.8 Å². The SMILES string of the molecule is C[NH-].Cc1c(Cl)cccc1-n1c(=O)n(C)c2cnc3ccc(-c4ccc([NH-])nc4)cc3c21.[Y]. The van der Waals surface area contributed by atoms with E-state index in [1.165, 1.54) is 7.05 Å². The van der Waals surface area contributed by atoms with Crippen molar-refractivity contribution < 1.29 is 32.7 Å². The molecule has 0 aliphatic carbocycles. The molecule has 2 N–H and O–H groups in total. The Hall–Kier alpha value is -2.58. The molecule has 5 rings (SSSR count). The van der Waals surface area contributed by atoms with E-state index < -0.39 is 0 Å². The van der Waals surface area contributed by atoms with Crippen LogP contribution >= 0.6 is 11.6 Å². The first kappa shape index (κ1) is 25.1. The van der Waals surface area contributed by atoms with E-state index in [4.69, 9.17) is 23.1 Å². The first-order chi connectivity index (χ1) is 15.5. The summed E-state index contributed by atoms with van der Waals surface area (Å²) in [5, 5.41) is 1.47. The Morgan fingerprint density at radius 3 is 2.39 bits per heavy atom. The third-order valence-corrected chi connectivity index (χ3v) is 5.87. The van der Waals surface area contributed by atoms with Gasteiger partial charge in [0.25, 0.3) is 0 Å². The number of pyridine rings is 2. The Morgan fingerprint density at radius 2 is 1.70 bits per heavy atom. The molecule has 0 amide bonds. The molecule has 5 aromatic rings. The van der Waals surface area contributed by atoms with Crippen molar-refractivity contribution in [2.75, 3.05) is 7.05 Å². The molecule has 0 fully saturated rings. The van der Waals surface area contributed by atoms with Crippen molar-refractivity contribution in [1.82, 2.24) is 19.1 Å². The molecule has 0 unspecified atom stereocenters. The Labute approximate surface area is 221 Å². The molecule has 3 heterocycles. The van der Waals surface area contributed by atoms with Crippen molar-refractivity contribution >= 4 is 39.4 Å². The summed E-state index contributed by atoms with van der Waals surface area (Å²) < 4.78 is 3.31. The summed E-state index contributed by atoms with van der Waals surface area (Å²) in [7, 11) is 3.00. The van der Waals surface area contributed by atoms with Gasteiger partial charge in [0.2, 0.25) is 0 Å². The van der Waals surface area contributed by atoms with Crippen LogP contribution in [0.15, 0.2) is 65.7 Å². The number of halogens is 1. The number of nitrogens with one attached hydrogen (secondary N) is 2. The van der Waals surface area contributed by atoms with Gasteiger partial charge in [0.1, 0.15) is 0 Å². The van der Waals surface area contributed by atoms with Gasteiger partial charge < -0.3 is 16.5 Å². The van der Waals surface area contributed by atoms with Gasteiger partial charge in [-0.15, -0.1) is 0 Å². The number of aromatic nitrogens is 4. The molecule has 33 heavy (non-hydrogen) atoms. The van der Waals surface area contributed by atoms with Crippen LogP contribution < -0.4 is 5.69 Å². The van der Waals surface area contributed by atoms with Gasteiger partial charge in [0.05, 0.1) is 28.4 Å². The van der Waals surface area contributed by atoms with Gasteiger partial charge in [0.15, 0.2) is 0 Å². The van der Waals surface area contributed by atoms with Crippen molar-refractivity contribution in [2.24, 2.45) is 7.05 Å². The maximum absolute atomic E-state index is 13.2. The monoisotopic (exact) mass is 533 g/mol. The van der Waals surface area contributed by atoms with Crippen molar-refractivity contribution in [2.45, 2.75) is 6.92 Å². The molecule has 0 atom stereocenters. The summed E-state index contributed by atoms with van der Waals surface area (Å²) in [6, 6.07) is 15.0. The molecule has 0 spiro atoms. The summed E-state index contributed by atoms with van der Waals surface area (Å²) in [5.74, 6) is 0.219. The van der Waals surface area contributed by atoms with Crippen LogP contribution in [0.1, 0.15) is 5.56 Å². The second-order valence-corrected chi connectivity index (χ2v) is 7.62. The molecule has 9 heteroatoms. The minimum absolute atomic E-state index is 0. The Bertz CT molecular complexity index is 1510. The van der Waals surface area contributed by atoms with Crippen LogP contribution in [-0.4, -0.2) is 26.1 Å². The number of nitrogens with zero attached hydrogens (tertiary/aromatic N) is 4. The number of benzene rings is 2. The number of fused-ring (bicyclic) bond motifs is 3. The summed E-state index contributed by atoms with van der Waals surface area (Å²) >= 11 is 6.35. The van der Waals surface area contributed by atoms with Gasteiger partial charge in [-0.2, -0.15) is 7.05 Å². The van der Waals surface area contributed by atoms with Gasteiger partial charge in [-0.05, 0) is 47.9 Å². The van der Waals surface area contributed by atoms with Gasteiger partial charge in [0, 0.05) is 50.2 Å². The first-order valence-electron chi connectivity index (χ1n) is 9.89. The quantitative estimate of drug-likeness (QED) is 0.268. The zero-order chi connectivity index (χ0) is 23.0. The largest absolute Gasteiger partial charge is 0.680 e. The maximum Gasteiger partial charge on any atom is 0.333 e. The topological polar surface area (TPSA) is 100 Å². The second-order valence-electron chi connectivity index (χ2n) is 7.22. The first-order valence-corrected chi connectivity index (χ1v) is 10.3. The average Bonchev–Trinajstić information content (AvgIpc) is 3.08. The fraction of sp³-hybridized carbons (Fsp3) is 0.125. The standard InChI is InChI=1S/C23H17ClN5O.CH4N.Y/c1-13-17(24)4-3-5-19(13)29-22-16-10-14(15-7-9-21(25)27-11-15)6-8-18(16)26-12-20(22)28(2)23(29)30;1-2;/h3-12H,1-2H3,(H-,25,27);2H,1H3;/q2*-1;. The van der Waals surface area contributed by atoms with Crippen LogP contribution in [0, 0.1) is 6.92 Å². The summed E-state index contributed by atoms with van der Waals surface area (Å²) in [5.41, 5.74) is 18.9. The molecule has 0 saturated carbocycles. The molecule has 1 radical (unpaired) electrons. The van der Waals surface area contributed by atoms with Crippen LogP contribution in [0.5, 0.6) is 0 Å². The molecule has 3 aromatic heterocycles. The molecule has 2 aromatic carbocycles. The third-order valence-electron chi connectivity index (χ3n) is 5.46. The second kappa shape index (κ2) is 10.1. The van der Waals surface area contributed by atoms with Crippen molar-refractivity contribution in [3.63, 3.8) is 0 Å². The van der Waals surface area contributed by atoms with Gasteiger partial charge in [-0.25, -0.2) is 4.79 Å². The van der Waals surface area contributed by atoms with Crippen LogP contribution in [0.25, 0.3) is 50.2 Å². The number of hydrogen-bond acceptors (Lipinski definition) is 3. The third kappa shape index (κ3) is 4.34. The molecule has 0 saturated heterocycles. The number of hydrogen-bond donors (Lipinski definition) is 0. The van der Waals surface area contributed by atoms with E-state index in [0.717, 1.165) is 44.3 Å². The predicted molar refractivity (Wildman–Crippen MR) is 131 cm³/mol. The van der Waals surface area contributed by atoms with E-state index in [-0.39, 0.29) is 44.2 Å². The minimum Gasteiger partial charge on any atom is -0.680 e. The summed E-state index contributed by atoms with van der Waals surface area (Å²) in [6.07, 6.45) is 3.40. The zero-order valence-corrected chi connectivity index (χ0v) is 22.0. The van der Waals surface area contributed by atoms with E-state index >= 15 is 0 Å². The van der Waals surface area contributed by atoms with Crippen molar-refractivity contribution in [3.05, 3.63) is 93.5 Å². The van der Waals surface area contributed by atoms with Gasteiger partial charge in [-0.3, -0.25) is 14.1 Å². The van der Waals surface area contributed by atoms with Crippen molar-refractivity contribution in [3.8, 4) is 16.8 Å². The van der Waals surface area contributed by atoms with E-state index in [0.29, 0.717) is 5.02 Å². The number of imidazole rings is 1. The molecular weight excluding hydrogens is 513 g/mol. The maximum atomic E-state index is 13.2. The molecule has 0 aliphatic rings. The van der Waals surface area contributed by atoms with E-state index in [9.17, 15) is 4.79 Å². The van der Waals surface area contributed by atoms with Crippen LogP contribution in [0.3, 0.4) is 0 Å². The average molecular weight is 534 g/mol. The van der Waals surface area contributed by atoms with Gasteiger partial charge >= 0.3 is 5.69 Å². The summed E-state index contributed by atoms with van der Waals surface area (Å²) in [4.78, 5) is 21.9. The van der Waals surface area contributed by atoms with Crippen molar-refractivity contribution in [1.29, 1.82) is 0 Å².